The van der Waals surface area contributed by atoms with Crippen LogP contribution in [0, 0.1) is 11.6 Å². The van der Waals surface area contributed by atoms with Gasteiger partial charge in [-0.05, 0) is 78.9 Å². The van der Waals surface area contributed by atoms with Gasteiger partial charge in [0.2, 0.25) is 5.95 Å². The number of carbonyl (C=O) groups is 1. The molecule has 0 atom stereocenters. The van der Waals surface area contributed by atoms with E-state index < -0.39 is 23.1 Å². The monoisotopic (exact) mass is 609 g/mol. The van der Waals surface area contributed by atoms with Crippen LogP contribution in [-0.2, 0) is 0 Å². The maximum Gasteiger partial charge on any atom is 0.261 e. The highest BCUT2D eigenvalue weighted by Gasteiger charge is 2.20. The largest absolute Gasteiger partial charge is 0.356 e. The zero-order valence-corrected chi connectivity index (χ0v) is 24.2. The minimum Gasteiger partial charge on any atom is -0.356 e. The third-order valence-corrected chi connectivity index (χ3v) is 7.24. The normalized spacial score (nSPS) is 10.9. The predicted molar refractivity (Wildman–Crippen MR) is 175 cm³/mol. The average Bonchev–Trinajstić information content (AvgIpc) is 3.46. The molecule has 7 aromatic rings. The van der Waals surface area contributed by atoms with Gasteiger partial charge in [-0.3, -0.25) is 4.79 Å². The zero-order valence-electron chi connectivity index (χ0n) is 24.2. The number of rotatable bonds is 8. The Morgan fingerprint density at radius 1 is 0.674 bits per heavy atom. The molecular formula is C36H25F2N7O. The van der Waals surface area contributed by atoms with E-state index in [4.69, 9.17) is 10.1 Å². The smallest absolute Gasteiger partial charge is 0.261 e. The molecule has 0 aliphatic carbocycles. The molecule has 4 aromatic carbocycles. The molecule has 0 fully saturated rings. The van der Waals surface area contributed by atoms with Crippen molar-refractivity contribution in [1.29, 1.82) is 0 Å². The van der Waals surface area contributed by atoms with E-state index in [2.05, 4.69) is 20.9 Å². The van der Waals surface area contributed by atoms with Crippen molar-refractivity contribution in [3.8, 4) is 22.5 Å². The van der Waals surface area contributed by atoms with Crippen molar-refractivity contribution in [1.82, 2.24) is 19.6 Å². The highest BCUT2D eigenvalue weighted by molar-refractivity contribution is 6.05. The number of nitrogens with one attached hydrogen (secondary N) is 3. The minimum absolute atomic E-state index is 0.350. The fourth-order valence-corrected chi connectivity index (χ4v) is 5.12. The van der Waals surface area contributed by atoms with Gasteiger partial charge in [0.15, 0.2) is 0 Å². The predicted octanol–water partition coefficient (Wildman–Crippen LogP) is 8.48. The molecular weight excluding hydrogens is 584 g/mol. The van der Waals surface area contributed by atoms with Gasteiger partial charge < -0.3 is 16.0 Å². The molecule has 3 N–H and O–H groups in total. The number of aromatic nitrogens is 4. The van der Waals surface area contributed by atoms with Crippen molar-refractivity contribution < 1.29 is 13.6 Å². The van der Waals surface area contributed by atoms with Crippen molar-refractivity contribution >= 4 is 40.1 Å². The summed E-state index contributed by atoms with van der Waals surface area (Å²) in [5.74, 6) is -2.37. The van der Waals surface area contributed by atoms with Crippen LogP contribution in [0.4, 0.5) is 37.5 Å². The third-order valence-electron chi connectivity index (χ3n) is 7.24. The second-order valence-corrected chi connectivity index (χ2v) is 10.3. The van der Waals surface area contributed by atoms with Crippen molar-refractivity contribution in [2.24, 2.45) is 0 Å². The summed E-state index contributed by atoms with van der Waals surface area (Å²) in [6, 6.07) is 35.5. The molecule has 224 valence electrons. The number of halogens is 2. The zero-order chi connectivity index (χ0) is 31.5. The van der Waals surface area contributed by atoms with Gasteiger partial charge in [-0.1, -0.05) is 42.5 Å². The molecule has 3 heterocycles. The number of hydrogen-bond acceptors (Lipinski definition) is 6. The number of pyridine rings is 1. The second kappa shape index (κ2) is 12.3. The molecule has 0 unspecified atom stereocenters. The lowest BCUT2D eigenvalue weighted by molar-refractivity contribution is 0.101. The van der Waals surface area contributed by atoms with E-state index in [9.17, 15) is 13.6 Å². The van der Waals surface area contributed by atoms with Gasteiger partial charge in [0.05, 0.1) is 16.8 Å². The Labute approximate surface area is 262 Å². The first-order valence-electron chi connectivity index (χ1n) is 14.4. The number of nitrogens with zero attached hydrogens (tertiary/aromatic N) is 4. The lowest BCUT2D eigenvalue weighted by Crippen LogP contribution is -2.15. The molecule has 0 aliphatic heterocycles. The van der Waals surface area contributed by atoms with Gasteiger partial charge in [0, 0.05) is 40.7 Å². The van der Waals surface area contributed by atoms with Gasteiger partial charge in [0.1, 0.15) is 22.9 Å². The molecule has 0 aliphatic rings. The van der Waals surface area contributed by atoms with Crippen LogP contribution in [0.15, 0.2) is 134 Å². The van der Waals surface area contributed by atoms with Crippen LogP contribution in [0.1, 0.15) is 10.4 Å². The van der Waals surface area contributed by atoms with E-state index in [1.165, 1.54) is 6.07 Å². The summed E-state index contributed by atoms with van der Waals surface area (Å²) in [7, 11) is 0. The van der Waals surface area contributed by atoms with Crippen molar-refractivity contribution in [2.75, 3.05) is 16.0 Å². The molecule has 0 saturated carbocycles. The number of hydrogen-bond donors (Lipinski definition) is 3. The highest BCUT2D eigenvalue weighted by atomic mass is 19.1. The molecule has 0 spiro atoms. The van der Waals surface area contributed by atoms with E-state index in [0.29, 0.717) is 28.6 Å². The van der Waals surface area contributed by atoms with Crippen LogP contribution >= 0.6 is 0 Å². The maximum absolute atomic E-state index is 14.2. The topological polar surface area (TPSA) is 96.2 Å². The summed E-state index contributed by atoms with van der Waals surface area (Å²) < 4.78 is 30.2. The van der Waals surface area contributed by atoms with E-state index in [-0.39, 0.29) is 0 Å². The van der Waals surface area contributed by atoms with Crippen molar-refractivity contribution in [2.45, 2.75) is 0 Å². The Bertz CT molecular complexity index is 2160. The second-order valence-electron chi connectivity index (χ2n) is 10.3. The number of para-hydroxylation sites is 1. The summed E-state index contributed by atoms with van der Waals surface area (Å²) in [5, 5.41) is 14.1. The number of benzene rings is 4. The van der Waals surface area contributed by atoms with E-state index in [1.54, 1.807) is 35.0 Å². The number of fused-ring (bicyclic) bond motifs is 1. The Morgan fingerprint density at radius 3 is 2.13 bits per heavy atom. The summed E-state index contributed by atoms with van der Waals surface area (Å²) in [6.07, 6.45) is 3.51. The lowest BCUT2D eigenvalue weighted by atomic mass is 10.0. The van der Waals surface area contributed by atoms with Crippen LogP contribution < -0.4 is 16.0 Å². The van der Waals surface area contributed by atoms with Crippen LogP contribution in [0.2, 0.25) is 0 Å². The molecule has 0 bridgehead atoms. The molecule has 10 heteroatoms. The first-order valence-corrected chi connectivity index (χ1v) is 14.4. The SMILES string of the molecule is O=C(Nc1cccc(-c2nn3ccccc3c2-c2ccnc(Nc3ccc(Nc4ccccc4)cc3)n2)c1)c1c(F)cccc1F. The van der Waals surface area contributed by atoms with Crippen LogP contribution in [0.5, 0.6) is 0 Å². The molecule has 0 saturated heterocycles. The van der Waals surface area contributed by atoms with E-state index in [0.717, 1.165) is 40.3 Å². The van der Waals surface area contributed by atoms with E-state index in [1.807, 2.05) is 85.1 Å². The summed E-state index contributed by atoms with van der Waals surface area (Å²) in [6.45, 7) is 0. The summed E-state index contributed by atoms with van der Waals surface area (Å²) >= 11 is 0. The quantitative estimate of drug-likeness (QED) is 0.160. The summed E-state index contributed by atoms with van der Waals surface area (Å²) in [4.78, 5) is 22.0. The minimum atomic E-state index is -0.940. The fourth-order valence-electron chi connectivity index (χ4n) is 5.12. The van der Waals surface area contributed by atoms with Crippen LogP contribution in [-0.4, -0.2) is 25.5 Å². The van der Waals surface area contributed by atoms with Gasteiger partial charge in [-0.25, -0.2) is 23.3 Å². The number of amides is 1. The van der Waals surface area contributed by atoms with Crippen LogP contribution in [0.3, 0.4) is 0 Å². The van der Waals surface area contributed by atoms with Gasteiger partial charge in [-0.15, -0.1) is 0 Å². The van der Waals surface area contributed by atoms with Crippen molar-refractivity contribution in [3.05, 3.63) is 151 Å². The van der Waals surface area contributed by atoms with Gasteiger partial charge >= 0.3 is 0 Å². The lowest BCUT2D eigenvalue weighted by Gasteiger charge is -2.10. The molecule has 8 nitrogen and oxygen atoms in total. The Balaban J connectivity index is 1.19. The molecule has 3 aromatic heterocycles. The Morgan fingerprint density at radius 2 is 1.35 bits per heavy atom. The van der Waals surface area contributed by atoms with Gasteiger partial charge in [0.25, 0.3) is 5.91 Å². The highest BCUT2D eigenvalue weighted by Crippen LogP contribution is 2.35. The fraction of sp³-hybridized carbons (Fsp3) is 0. The Hall–Kier alpha value is -6.42. The Kier molecular flexibility index (Phi) is 7.58. The standard InChI is InChI=1S/C36H25F2N7O/c37-28-12-7-13-29(38)32(28)35(46)41-27-11-6-8-23(22-27)34-33(31-14-4-5-21-45(31)44-34)30-19-20-39-36(43-30)42-26-17-15-25(16-18-26)40-24-9-2-1-3-10-24/h1-22,40H,(H,41,46)(H,39,42,43). The molecule has 46 heavy (non-hydrogen) atoms. The molecule has 1 amide bonds. The molecule has 7 rings (SSSR count). The summed E-state index contributed by atoms with van der Waals surface area (Å²) in [5.41, 5.74) is 5.89. The van der Waals surface area contributed by atoms with E-state index >= 15 is 0 Å². The van der Waals surface area contributed by atoms with Crippen molar-refractivity contribution in [3.63, 3.8) is 0 Å². The number of anilines is 5. The first kappa shape index (κ1) is 28.4. The van der Waals surface area contributed by atoms with Gasteiger partial charge in [-0.2, -0.15) is 5.10 Å². The maximum atomic E-state index is 14.2. The molecule has 0 radical (unpaired) electrons. The first-order chi connectivity index (χ1) is 22.5. The van der Waals surface area contributed by atoms with Crippen LogP contribution in [0.25, 0.3) is 28.0 Å². The number of carbonyl (C=O) groups excluding carboxylic acids is 1. The third kappa shape index (κ3) is 5.87. The average molecular weight is 610 g/mol.